The van der Waals surface area contributed by atoms with E-state index in [-0.39, 0.29) is 0 Å². The van der Waals surface area contributed by atoms with Crippen LogP contribution in [0, 0.1) is 0 Å². The van der Waals surface area contributed by atoms with Crippen molar-refractivity contribution in [2.45, 2.75) is 38.6 Å². The minimum atomic E-state index is 0.619. The van der Waals surface area contributed by atoms with Gasteiger partial charge in [-0.25, -0.2) is 9.97 Å². The van der Waals surface area contributed by atoms with Crippen molar-refractivity contribution in [2.75, 3.05) is 18.8 Å². The maximum Gasteiger partial charge on any atom is 0.146 e. The Kier molecular flexibility index (Phi) is 3.94. The maximum absolute atomic E-state index is 6.00. The van der Waals surface area contributed by atoms with Crippen LogP contribution in [0.5, 0.6) is 0 Å². The molecule has 0 atom stereocenters. The van der Waals surface area contributed by atoms with Gasteiger partial charge in [0.05, 0.1) is 11.9 Å². The van der Waals surface area contributed by atoms with Gasteiger partial charge in [0.1, 0.15) is 16.5 Å². The number of rotatable bonds is 2. The fourth-order valence-electron chi connectivity index (χ4n) is 2.67. The highest BCUT2D eigenvalue weighted by atomic mass is 32.1. The zero-order chi connectivity index (χ0) is 13.1. The van der Waals surface area contributed by atoms with Crippen LogP contribution in [0.4, 0.5) is 5.82 Å². The first-order valence-corrected chi connectivity index (χ1v) is 7.93. The molecular weight excluding hydrogens is 256 g/mol. The first-order chi connectivity index (χ1) is 9.33. The number of hydrogen-bond donors (Lipinski definition) is 1. The van der Waals surface area contributed by atoms with Gasteiger partial charge in [-0.3, -0.25) is 4.90 Å². The smallest absolute Gasteiger partial charge is 0.146 e. The standard InChI is InChI=1S/C14H20N4S/c15-13-11-6-9-19-14(11)17-12(16-13)10-18-7-4-2-1-3-5-8-18/h6,9H,1-5,7-8,10H2,(H2,15,16,17). The van der Waals surface area contributed by atoms with E-state index >= 15 is 0 Å². The molecule has 0 bridgehead atoms. The maximum atomic E-state index is 6.00. The molecule has 1 aliphatic heterocycles. The molecule has 102 valence electrons. The second-order valence-electron chi connectivity index (χ2n) is 5.21. The van der Waals surface area contributed by atoms with E-state index in [0.29, 0.717) is 5.82 Å². The Morgan fingerprint density at radius 2 is 1.84 bits per heavy atom. The molecule has 0 aromatic carbocycles. The molecule has 1 fully saturated rings. The van der Waals surface area contributed by atoms with Crippen molar-refractivity contribution in [1.29, 1.82) is 0 Å². The molecule has 4 nitrogen and oxygen atoms in total. The molecule has 0 aliphatic carbocycles. The van der Waals surface area contributed by atoms with E-state index < -0.39 is 0 Å². The fourth-order valence-corrected chi connectivity index (χ4v) is 3.46. The number of anilines is 1. The van der Waals surface area contributed by atoms with E-state index in [1.54, 1.807) is 11.3 Å². The molecular formula is C14H20N4S. The summed E-state index contributed by atoms with van der Waals surface area (Å²) < 4.78 is 0. The number of nitrogen functional groups attached to an aromatic ring is 1. The normalized spacial score (nSPS) is 18.3. The van der Waals surface area contributed by atoms with Crippen LogP contribution in [0.15, 0.2) is 11.4 Å². The Balaban J connectivity index is 1.75. The zero-order valence-corrected chi connectivity index (χ0v) is 12.0. The van der Waals surface area contributed by atoms with E-state index in [9.17, 15) is 0 Å². The first kappa shape index (κ1) is 12.8. The predicted octanol–water partition coefficient (Wildman–Crippen LogP) is 3.04. The summed E-state index contributed by atoms with van der Waals surface area (Å²) in [6.45, 7) is 3.15. The van der Waals surface area contributed by atoms with Gasteiger partial charge in [-0.15, -0.1) is 11.3 Å². The lowest BCUT2D eigenvalue weighted by atomic mass is 10.1. The van der Waals surface area contributed by atoms with Gasteiger partial charge in [-0.2, -0.15) is 0 Å². The molecule has 2 aromatic heterocycles. The van der Waals surface area contributed by atoms with Crippen molar-refractivity contribution in [3.8, 4) is 0 Å². The Morgan fingerprint density at radius 1 is 1.11 bits per heavy atom. The van der Waals surface area contributed by atoms with Crippen LogP contribution >= 0.6 is 11.3 Å². The number of hydrogen-bond acceptors (Lipinski definition) is 5. The molecule has 0 unspecified atom stereocenters. The van der Waals surface area contributed by atoms with Gasteiger partial charge < -0.3 is 5.73 Å². The highest BCUT2D eigenvalue weighted by Crippen LogP contribution is 2.23. The van der Waals surface area contributed by atoms with Gasteiger partial charge in [-0.05, 0) is 37.4 Å². The summed E-state index contributed by atoms with van der Waals surface area (Å²) in [5.74, 6) is 1.49. The second kappa shape index (κ2) is 5.84. The minimum Gasteiger partial charge on any atom is -0.383 e. The lowest BCUT2D eigenvalue weighted by Gasteiger charge is -2.23. The summed E-state index contributed by atoms with van der Waals surface area (Å²) in [7, 11) is 0. The Labute approximate surface area is 117 Å². The third-order valence-corrected chi connectivity index (χ3v) is 4.52. The summed E-state index contributed by atoms with van der Waals surface area (Å²) >= 11 is 1.64. The molecule has 0 radical (unpaired) electrons. The molecule has 1 aliphatic rings. The molecule has 3 rings (SSSR count). The SMILES string of the molecule is Nc1nc(CN2CCCCCCC2)nc2sccc12. The lowest BCUT2D eigenvalue weighted by molar-refractivity contribution is 0.235. The van der Waals surface area contributed by atoms with E-state index in [0.717, 1.165) is 35.7 Å². The van der Waals surface area contributed by atoms with E-state index in [2.05, 4.69) is 14.9 Å². The van der Waals surface area contributed by atoms with Crippen LogP contribution < -0.4 is 5.73 Å². The Hall–Kier alpha value is -1.20. The molecule has 5 heteroatoms. The molecule has 0 amide bonds. The lowest BCUT2D eigenvalue weighted by Crippen LogP contribution is -2.27. The number of thiophene rings is 1. The Morgan fingerprint density at radius 3 is 2.63 bits per heavy atom. The summed E-state index contributed by atoms with van der Waals surface area (Å²) in [5.41, 5.74) is 6.00. The number of aromatic nitrogens is 2. The predicted molar refractivity (Wildman–Crippen MR) is 80.2 cm³/mol. The van der Waals surface area contributed by atoms with Gasteiger partial charge in [-0.1, -0.05) is 19.3 Å². The van der Waals surface area contributed by atoms with Gasteiger partial charge in [0.25, 0.3) is 0 Å². The number of nitrogens with zero attached hydrogens (tertiary/aromatic N) is 3. The highest BCUT2D eigenvalue weighted by Gasteiger charge is 2.12. The zero-order valence-electron chi connectivity index (χ0n) is 11.1. The quantitative estimate of drug-likeness (QED) is 0.916. The molecule has 2 aromatic rings. The Bertz CT molecular complexity index is 543. The van der Waals surface area contributed by atoms with Crippen LogP contribution in [0.3, 0.4) is 0 Å². The van der Waals surface area contributed by atoms with Crippen LogP contribution in [-0.4, -0.2) is 28.0 Å². The second-order valence-corrected chi connectivity index (χ2v) is 6.10. The topological polar surface area (TPSA) is 55.0 Å². The molecule has 19 heavy (non-hydrogen) atoms. The van der Waals surface area contributed by atoms with Crippen molar-refractivity contribution >= 4 is 27.4 Å². The van der Waals surface area contributed by atoms with Gasteiger partial charge >= 0.3 is 0 Å². The van der Waals surface area contributed by atoms with Gasteiger partial charge in [0.15, 0.2) is 0 Å². The van der Waals surface area contributed by atoms with Crippen LogP contribution in [-0.2, 0) is 6.54 Å². The van der Waals surface area contributed by atoms with Crippen molar-refractivity contribution < 1.29 is 0 Å². The summed E-state index contributed by atoms with van der Waals surface area (Å²) in [4.78, 5) is 12.6. The number of fused-ring (bicyclic) bond motifs is 1. The van der Waals surface area contributed by atoms with E-state index in [4.69, 9.17) is 5.73 Å². The summed E-state index contributed by atoms with van der Waals surface area (Å²) in [6.07, 6.45) is 6.67. The third kappa shape index (κ3) is 3.04. The van der Waals surface area contributed by atoms with E-state index in [1.165, 1.54) is 32.1 Å². The van der Waals surface area contributed by atoms with Crippen molar-refractivity contribution in [3.63, 3.8) is 0 Å². The summed E-state index contributed by atoms with van der Waals surface area (Å²) in [6, 6.07) is 2.00. The average molecular weight is 276 g/mol. The molecule has 0 spiro atoms. The largest absolute Gasteiger partial charge is 0.383 e. The minimum absolute atomic E-state index is 0.619. The fraction of sp³-hybridized carbons (Fsp3) is 0.571. The van der Waals surface area contributed by atoms with Gasteiger partial charge in [0, 0.05) is 0 Å². The van der Waals surface area contributed by atoms with Crippen molar-refractivity contribution in [1.82, 2.24) is 14.9 Å². The highest BCUT2D eigenvalue weighted by molar-refractivity contribution is 7.16. The van der Waals surface area contributed by atoms with Crippen LogP contribution in [0.25, 0.3) is 10.2 Å². The van der Waals surface area contributed by atoms with Crippen LogP contribution in [0.1, 0.15) is 37.9 Å². The number of nitrogens with two attached hydrogens (primary N) is 1. The van der Waals surface area contributed by atoms with Crippen molar-refractivity contribution in [2.24, 2.45) is 0 Å². The monoisotopic (exact) mass is 276 g/mol. The van der Waals surface area contributed by atoms with Gasteiger partial charge in [0.2, 0.25) is 0 Å². The van der Waals surface area contributed by atoms with Crippen LogP contribution in [0.2, 0.25) is 0 Å². The molecule has 0 saturated carbocycles. The number of likely N-dealkylation sites (tertiary alicyclic amines) is 1. The summed E-state index contributed by atoms with van der Waals surface area (Å²) in [5, 5.41) is 3.01. The molecule has 2 N–H and O–H groups in total. The van der Waals surface area contributed by atoms with E-state index in [1.807, 2.05) is 11.4 Å². The van der Waals surface area contributed by atoms with Crippen molar-refractivity contribution in [3.05, 3.63) is 17.3 Å². The molecule has 1 saturated heterocycles. The first-order valence-electron chi connectivity index (χ1n) is 7.05. The third-order valence-electron chi connectivity index (χ3n) is 3.71. The average Bonchev–Trinajstić information content (AvgIpc) is 2.81. The molecule has 3 heterocycles.